The predicted octanol–water partition coefficient (Wildman–Crippen LogP) is 1.67. The van der Waals surface area contributed by atoms with Crippen molar-refractivity contribution in [1.29, 1.82) is 0 Å². The van der Waals surface area contributed by atoms with Crippen LogP contribution < -0.4 is 10.6 Å². The molecule has 2 N–H and O–H groups in total. The molecular weight excluding hydrogens is 302 g/mol. The van der Waals surface area contributed by atoms with E-state index < -0.39 is 0 Å². The molecule has 4 nitrogen and oxygen atoms in total. The lowest BCUT2D eigenvalue weighted by Gasteiger charge is -2.13. The highest BCUT2D eigenvalue weighted by Gasteiger charge is 2.17. The molecular formula is C11H16BrN3OS. The van der Waals surface area contributed by atoms with Gasteiger partial charge in [0.2, 0.25) is 0 Å². The van der Waals surface area contributed by atoms with Gasteiger partial charge in [-0.15, -0.1) is 11.3 Å². The molecule has 0 aromatic carbocycles. The number of nitrogens with one attached hydrogen (secondary N) is 2. The Morgan fingerprint density at radius 1 is 1.47 bits per heavy atom. The highest BCUT2D eigenvalue weighted by atomic mass is 79.9. The van der Waals surface area contributed by atoms with Crippen molar-refractivity contribution in [3.8, 4) is 0 Å². The Labute approximate surface area is 114 Å². The second-order valence-electron chi connectivity index (χ2n) is 3.92. The Kier molecular flexibility index (Phi) is 4.82. The molecule has 0 radical (unpaired) electrons. The normalized spacial score (nSPS) is 15.4. The Morgan fingerprint density at radius 3 is 3.00 bits per heavy atom. The van der Waals surface area contributed by atoms with Gasteiger partial charge in [0.25, 0.3) is 0 Å². The summed E-state index contributed by atoms with van der Waals surface area (Å²) in [6.07, 6.45) is 1.04. The standard InChI is InChI=1S/C11H16BrN3OS/c12-10-2-1-9(17-10)3-4-13-5-7-15-8-6-14-11(15)16/h1-2,13H,3-8H2,(H,14,16). The van der Waals surface area contributed by atoms with Gasteiger partial charge in [-0.05, 0) is 34.5 Å². The summed E-state index contributed by atoms with van der Waals surface area (Å²) in [6.45, 7) is 4.22. The van der Waals surface area contributed by atoms with E-state index in [4.69, 9.17) is 0 Å². The van der Waals surface area contributed by atoms with Gasteiger partial charge in [-0.3, -0.25) is 0 Å². The van der Waals surface area contributed by atoms with Gasteiger partial charge < -0.3 is 15.5 Å². The molecule has 0 bridgehead atoms. The van der Waals surface area contributed by atoms with Gasteiger partial charge >= 0.3 is 6.03 Å². The van der Waals surface area contributed by atoms with Crippen LogP contribution in [0.25, 0.3) is 0 Å². The highest BCUT2D eigenvalue weighted by Crippen LogP contribution is 2.21. The summed E-state index contributed by atoms with van der Waals surface area (Å²) >= 11 is 5.23. The van der Waals surface area contributed by atoms with Crippen LogP contribution in [0.2, 0.25) is 0 Å². The largest absolute Gasteiger partial charge is 0.336 e. The van der Waals surface area contributed by atoms with Gasteiger partial charge in [-0.25, -0.2) is 4.79 Å². The minimum absolute atomic E-state index is 0.0639. The fourth-order valence-corrected chi connectivity index (χ4v) is 3.24. The molecule has 6 heteroatoms. The number of hydrogen-bond acceptors (Lipinski definition) is 3. The third-order valence-electron chi connectivity index (χ3n) is 2.68. The van der Waals surface area contributed by atoms with Crippen molar-refractivity contribution in [3.63, 3.8) is 0 Å². The number of urea groups is 1. The zero-order valence-electron chi connectivity index (χ0n) is 9.54. The lowest BCUT2D eigenvalue weighted by molar-refractivity contribution is 0.217. The monoisotopic (exact) mass is 317 g/mol. The van der Waals surface area contributed by atoms with Crippen LogP contribution in [0.15, 0.2) is 15.9 Å². The smallest absolute Gasteiger partial charge is 0.317 e. The zero-order valence-corrected chi connectivity index (χ0v) is 11.9. The van der Waals surface area contributed by atoms with Crippen molar-refractivity contribution < 1.29 is 4.79 Å². The van der Waals surface area contributed by atoms with E-state index in [2.05, 4.69) is 38.7 Å². The molecule has 0 spiro atoms. The first-order valence-electron chi connectivity index (χ1n) is 5.73. The van der Waals surface area contributed by atoms with E-state index in [1.165, 1.54) is 8.66 Å². The van der Waals surface area contributed by atoms with Gasteiger partial charge in [-0.2, -0.15) is 0 Å². The molecule has 2 heterocycles. The average Bonchev–Trinajstić information content (AvgIpc) is 2.88. The maximum absolute atomic E-state index is 11.2. The van der Waals surface area contributed by atoms with Crippen LogP contribution in [0.1, 0.15) is 4.88 Å². The van der Waals surface area contributed by atoms with Crippen molar-refractivity contribution in [2.24, 2.45) is 0 Å². The molecule has 0 atom stereocenters. The molecule has 94 valence electrons. The Morgan fingerprint density at radius 2 is 2.35 bits per heavy atom. The third kappa shape index (κ3) is 3.97. The first kappa shape index (κ1) is 12.9. The molecule has 1 aromatic heterocycles. The van der Waals surface area contributed by atoms with Gasteiger partial charge in [-0.1, -0.05) is 0 Å². The van der Waals surface area contributed by atoms with Crippen LogP contribution in [0.3, 0.4) is 0 Å². The number of hydrogen-bond donors (Lipinski definition) is 2. The SMILES string of the molecule is O=C1NCCN1CCNCCc1ccc(Br)s1. The number of carbonyl (C=O) groups is 1. The number of thiophene rings is 1. The number of amides is 2. The summed E-state index contributed by atoms with van der Waals surface area (Å²) in [5, 5.41) is 6.16. The lowest BCUT2D eigenvalue weighted by Crippen LogP contribution is -2.35. The second kappa shape index (κ2) is 6.37. The van der Waals surface area contributed by atoms with Gasteiger partial charge in [0, 0.05) is 37.6 Å². The maximum Gasteiger partial charge on any atom is 0.317 e. The maximum atomic E-state index is 11.2. The van der Waals surface area contributed by atoms with E-state index in [0.29, 0.717) is 0 Å². The van der Waals surface area contributed by atoms with Gasteiger partial charge in [0.1, 0.15) is 0 Å². The average molecular weight is 318 g/mol. The van der Waals surface area contributed by atoms with E-state index in [1.807, 2.05) is 4.90 Å². The molecule has 17 heavy (non-hydrogen) atoms. The molecule has 1 aliphatic rings. The lowest BCUT2D eigenvalue weighted by atomic mass is 10.3. The van der Waals surface area contributed by atoms with Crippen molar-refractivity contribution in [1.82, 2.24) is 15.5 Å². The van der Waals surface area contributed by atoms with Crippen molar-refractivity contribution >= 4 is 33.3 Å². The quantitative estimate of drug-likeness (QED) is 0.784. The van der Waals surface area contributed by atoms with E-state index in [-0.39, 0.29) is 6.03 Å². The second-order valence-corrected chi connectivity index (χ2v) is 6.47. The van der Waals surface area contributed by atoms with Crippen LogP contribution in [0.5, 0.6) is 0 Å². The van der Waals surface area contributed by atoms with Crippen LogP contribution >= 0.6 is 27.3 Å². The first-order valence-corrected chi connectivity index (χ1v) is 7.34. The van der Waals surface area contributed by atoms with Crippen molar-refractivity contribution in [2.75, 3.05) is 32.7 Å². The summed E-state index contributed by atoms with van der Waals surface area (Å²) in [4.78, 5) is 14.5. The summed E-state index contributed by atoms with van der Waals surface area (Å²) in [6, 6.07) is 4.29. The molecule has 1 fully saturated rings. The summed E-state index contributed by atoms with van der Waals surface area (Å²) < 4.78 is 1.18. The van der Waals surface area contributed by atoms with E-state index >= 15 is 0 Å². The minimum atomic E-state index is 0.0639. The predicted molar refractivity (Wildman–Crippen MR) is 73.6 cm³/mol. The van der Waals surface area contributed by atoms with E-state index in [9.17, 15) is 4.79 Å². The number of nitrogens with zero attached hydrogens (tertiary/aromatic N) is 1. The minimum Gasteiger partial charge on any atom is -0.336 e. The molecule has 0 aliphatic carbocycles. The fourth-order valence-electron chi connectivity index (χ4n) is 1.76. The number of carbonyl (C=O) groups excluding carboxylic acids is 1. The van der Waals surface area contributed by atoms with E-state index in [1.54, 1.807) is 11.3 Å². The highest BCUT2D eigenvalue weighted by molar-refractivity contribution is 9.11. The molecule has 1 aromatic rings. The molecule has 1 saturated heterocycles. The zero-order chi connectivity index (χ0) is 12.1. The molecule has 0 unspecified atom stereocenters. The topological polar surface area (TPSA) is 44.4 Å². The van der Waals surface area contributed by atoms with Gasteiger partial charge in [0.05, 0.1) is 3.79 Å². The summed E-state index contributed by atoms with van der Waals surface area (Å²) in [7, 11) is 0. The fraction of sp³-hybridized carbons (Fsp3) is 0.545. The number of rotatable bonds is 6. The van der Waals surface area contributed by atoms with Crippen molar-refractivity contribution in [2.45, 2.75) is 6.42 Å². The van der Waals surface area contributed by atoms with Crippen LogP contribution in [-0.4, -0.2) is 43.7 Å². The molecule has 0 saturated carbocycles. The molecule has 2 amide bonds. The van der Waals surface area contributed by atoms with Crippen molar-refractivity contribution in [3.05, 3.63) is 20.8 Å². The van der Waals surface area contributed by atoms with Crippen LogP contribution in [-0.2, 0) is 6.42 Å². The Bertz CT molecular complexity index is 383. The van der Waals surface area contributed by atoms with Crippen LogP contribution in [0, 0.1) is 0 Å². The number of halogens is 1. The van der Waals surface area contributed by atoms with E-state index in [0.717, 1.165) is 39.1 Å². The third-order valence-corrected chi connectivity index (χ3v) is 4.36. The first-order chi connectivity index (χ1) is 8.25. The summed E-state index contributed by atoms with van der Waals surface area (Å²) in [5.41, 5.74) is 0. The summed E-state index contributed by atoms with van der Waals surface area (Å²) in [5.74, 6) is 0. The van der Waals surface area contributed by atoms with Crippen LogP contribution in [0.4, 0.5) is 4.79 Å². The molecule has 2 rings (SSSR count). The molecule has 1 aliphatic heterocycles. The van der Waals surface area contributed by atoms with Gasteiger partial charge in [0.15, 0.2) is 0 Å². The Balaban J connectivity index is 1.56. The Hall–Kier alpha value is -0.590.